The van der Waals surface area contributed by atoms with Crippen molar-refractivity contribution >= 4 is 6.09 Å². The second-order valence-electron chi connectivity index (χ2n) is 7.21. The zero-order valence-electron chi connectivity index (χ0n) is 13.3. The molecule has 1 heterocycles. The topological polar surface area (TPSA) is 41.6 Å². The predicted molar refractivity (Wildman–Crippen MR) is 80.8 cm³/mol. The summed E-state index contributed by atoms with van der Waals surface area (Å²) in [5.41, 5.74) is -0.414. The van der Waals surface area contributed by atoms with Gasteiger partial charge in [0, 0.05) is 18.6 Å². The molecule has 1 aliphatic carbocycles. The maximum absolute atomic E-state index is 11.7. The quantitative estimate of drug-likeness (QED) is 0.863. The van der Waals surface area contributed by atoms with E-state index in [-0.39, 0.29) is 6.09 Å². The molecule has 0 radical (unpaired) electrons. The number of likely N-dealkylation sites (tertiary alicyclic amines) is 1. The van der Waals surface area contributed by atoms with Crippen LogP contribution in [0.5, 0.6) is 0 Å². The number of carbonyl (C=O) groups is 1. The molecule has 0 aromatic rings. The number of hydrogen-bond acceptors (Lipinski definition) is 3. The molecule has 2 rings (SSSR count). The van der Waals surface area contributed by atoms with Crippen LogP contribution in [-0.2, 0) is 4.74 Å². The molecular formula is C16H30N2O2. The highest BCUT2D eigenvalue weighted by Crippen LogP contribution is 2.28. The molecule has 1 saturated carbocycles. The minimum Gasteiger partial charge on any atom is -0.444 e. The standard InChI is InChI=1S/C16H30N2O2/c1-16(2,3)20-15(19)17-12-14-10-7-11-18(14)13-8-5-4-6-9-13/h13-14H,4-12H2,1-3H3,(H,17,19)/t14-/m0/s1. The van der Waals surface area contributed by atoms with Gasteiger partial charge in [-0.05, 0) is 53.0 Å². The number of ether oxygens (including phenoxy) is 1. The zero-order valence-corrected chi connectivity index (χ0v) is 13.3. The molecule has 1 N–H and O–H groups in total. The van der Waals surface area contributed by atoms with E-state index in [4.69, 9.17) is 4.74 Å². The molecule has 1 aliphatic heterocycles. The van der Waals surface area contributed by atoms with E-state index in [1.54, 1.807) is 0 Å². The molecule has 116 valence electrons. The maximum Gasteiger partial charge on any atom is 0.407 e. The van der Waals surface area contributed by atoms with Crippen LogP contribution in [0, 0.1) is 0 Å². The maximum atomic E-state index is 11.7. The third-order valence-electron chi connectivity index (χ3n) is 4.35. The third kappa shape index (κ3) is 4.65. The highest BCUT2D eigenvalue weighted by molar-refractivity contribution is 5.67. The van der Waals surface area contributed by atoms with Gasteiger partial charge in [-0.2, -0.15) is 0 Å². The van der Waals surface area contributed by atoms with Crippen molar-refractivity contribution in [3.63, 3.8) is 0 Å². The molecule has 0 unspecified atom stereocenters. The van der Waals surface area contributed by atoms with Crippen molar-refractivity contribution in [1.82, 2.24) is 10.2 Å². The van der Waals surface area contributed by atoms with Crippen molar-refractivity contribution in [1.29, 1.82) is 0 Å². The van der Waals surface area contributed by atoms with Crippen molar-refractivity contribution in [3.05, 3.63) is 0 Å². The molecule has 2 fully saturated rings. The summed E-state index contributed by atoms with van der Waals surface area (Å²) in [7, 11) is 0. The summed E-state index contributed by atoms with van der Waals surface area (Å²) in [5.74, 6) is 0. The fourth-order valence-corrected chi connectivity index (χ4v) is 3.49. The minimum absolute atomic E-state index is 0.284. The average Bonchev–Trinajstić information content (AvgIpc) is 2.83. The molecule has 2 aliphatic rings. The molecule has 20 heavy (non-hydrogen) atoms. The fraction of sp³-hybridized carbons (Fsp3) is 0.938. The Morgan fingerprint density at radius 2 is 1.85 bits per heavy atom. The molecule has 1 atom stereocenters. The van der Waals surface area contributed by atoms with Crippen molar-refractivity contribution in [2.24, 2.45) is 0 Å². The van der Waals surface area contributed by atoms with E-state index in [1.807, 2.05) is 20.8 Å². The lowest BCUT2D eigenvalue weighted by Crippen LogP contribution is -2.46. The second-order valence-corrected chi connectivity index (χ2v) is 7.21. The van der Waals surface area contributed by atoms with Crippen LogP contribution in [0.1, 0.15) is 65.7 Å². The summed E-state index contributed by atoms with van der Waals surface area (Å²) < 4.78 is 5.31. The Bertz CT molecular complexity index is 319. The first-order valence-electron chi connectivity index (χ1n) is 8.18. The van der Waals surface area contributed by atoms with E-state index in [0.717, 1.165) is 12.6 Å². The van der Waals surface area contributed by atoms with Crippen LogP contribution in [0.4, 0.5) is 4.79 Å². The van der Waals surface area contributed by atoms with Gasteiger partial charge in [0.05, 0.1) is 0 Å². The Morgan fingerprint density at radius 1 is 1.15 bits per heavy atom. The largest absolute Gasteiger partial charge is 0.444 e. The van der Waals surface area contributed by atoms with Gasteiger partial charge in [-0.25, -0.2) is 4.79 Å². The summed E-state index contributed by atoms with van der Waals surface area (Å²) in [6, 6.07) is 1.25. The molecular weight excluding hydrogens is 252 g/mol. The van der Waals surface area contributed by atoms with Crippen molar-refractivity contribution in [2.45, 2.75) is 83.4 Å². The van der Waals surface area contributed by atoms with Crippen molar-refractivity contribution in [3.8, 4) is 0 Å². The lowest BCUT2D eigenvalue weighted by Gasteiger charge is -2.35. The Labute approximate surface area is 123 Å². The van der Waals surface area contributed by atoms with Crippen LogP contribution in [0.25, 0.3) is 0 Å². The predicted octanol–water partition coefficient (Wildman–Crippen LogP) is 3.31. The van der Waals surface area contributed by atoms with E-state index >= 15 is 0 Å². The van der Waals surface area contributed by atoms with E-state index < -0.39 is 5.60 Å². The number of amides is 1. The first-order valence-corrected chi connectivity index (χ1v) is 8.18. The van der Waals surface area contributed by atoms with Gasteiger partial charge < -0.3 is 10.1 Å². The SMILES string of the molecule is CC(C)(C)OC(=O)NC[C@@H]1CCCN1C1CCCCC1. The van der Waals surface area contributed by atoms with Crippen LogP contribution >= 0.6 is 0 Å². The number of alkyl carbamates (subject to hydrolysis) is 1. The highest BCUT2D eigenvalue weighted by atomic mass is 16.6. The second kappa shape index (κ2) is 6.79. The van der Waals surface area contributed by atoms with Crippen LogP contribution in [0.15, 0.2) is 0 Å². The Hall–Kier alpha value is -0.770. The van der Waals surface area contributed by atoms with E-state index in [1.165, 1.54) is 51.5 Å². The number of hydrogen-bond donors (Lipinski definition) is 1. The van der Waals surface area contributed by atoms with Crippen molar-refractivity contribution in [2.75, 3.05) is 13.1 Å². The number of nitrogens with zero attached hydrogens (tertiary/aromatic N) is 1. The Morgan fingerprint density at radius 3 is 2.50 bits per heavy atom. The van der Waals surface area contributed by atoms with Gasteiger partial charge in [0.25, 0.3) is 0 Å². The van der Waals surface area contributed by atoms with E-state index in [0.29, 0.717) is 6.04 Å². The fourth-order valence-electron chi connectivity index (χ4n) is 3.49. The van der Waals surface area contributed by atoms with Crippen LogP contribution in [0.2, 0.25) is 0 Å². The first kappa shape index (κ1) is 15.6. The van der Waals surface area contributed by atoms with E-state index in [2.05, 4.69) is 10.2 Å². The summed E-state index contributed by atoms with van der Waals surface area (Å²) >= 11 is 0. The summed E-state index contributed by atoms with van der Waals surface area (Å²) in [6.07, 6.45) is 8.98. The monoisotopic (exact) mass is 282 g/mol. The van der Waals surface area contributed by atoms with Gasteiger partial charge in [-0.1, -0.05) is 19.3 Å². The van der Waals surface area contributed by atoms with Crippen LogP contribution in [-0.4, -0.2) is 41.8 Å². The summed E-state index contributed by atoms with van der Waals surface area (Å²) in [6.45, 7) is 7.63. The highest BCUT2D eigenvalue weighted by Gasteiger charge is 2.31. The third-order valence-corrected chi connectivity index (χ3v) is 4.35. The zero-order chi connectivity index (χ0) is 14.6. The Kier molecular flexibility index (Phi) is 5.30. The molecule has 4 heteroatoms. The average molecular weight is 282 g/mol. The normalized spacial score (nSPS) is 25.6. The lowest BCUT2D eigenvalue weighted by atomic mass is 9.94. The number of rotatable bonds is 3. The van der Waals surface area contributed by atoms with Gasteiger partial charge in [0.2, 0.25) is 0 Å². The molecule has 0 aromatic carbocycles. The Balaban J connectivity index is 1.77. The smallest absolute Gasteiger partial charge is 0.407 e. The molecule has 4 nitrogen and oxygen atoms in total. The van der Waals surface area contributed by atoms with Gasteiger partial charge in [0.15, 0.2) is 0 Å². The number of carbonyl (C=O) groups excluding carboxylic acids is 1. The summed E-state index contributed by atoms with van der Waals surface area (Å²) in [5, 5.41) is 2.95. The molecule has 0 aromatic heterocycles. The van der Waals surface area contributed by atoms with Crippen LogP contribution < -0.4 is 5.32 Å². The molecule has 0 spiro atoms. The van der Waals surface area contributed by atoms with Gasteiger partial charge >= 0.3 is 6.09 Å². The van der Waals surface area contributed by atoms with Crippen molar-refractivity contribution < 1.29 is 9.53 Å². The number of nitrogens with one attached hydrogen (secondary N) is 1. The molecule has 0 bridgehead atoms. The minimum atomic E-state index is -0.414. The first-order chi connectivity index (χ1) is 9.46. The lowest BCUT2D eigenvalue weighted by molar-refractivity contribution is 0.0501. The van der Waals surface area contributed by atoms with Gasteiger partial charge in [0.1, 0.15) is 5.60 Å². The summed E-state index contributed by atoms with van der Waals surface area (Å²) in [4.78, 5) is 14.4. The molecule has 1 amide bonds. The van der Waals surface area contributed by atoms with E-state index in [9.17, 15) is 4.79 Å². The van der Waals surface area contributed by atoms with Crippen LogP contribution in [0.3, 0.4) is 0 Å². The van der Waals surface area contributed by atoms with Gasteiger partial charge in [-0.3, -0.25) is 4.90 Å². The van der Waals surface area contributed by atoms with Gasteiger partial charge in [-0.15, -0.1) is 0 Å². The molecule has 1 saturated heterocycles.